The zero-order valence-electron chi connectivity index (χ0n) is 46.3. The molecule has 0 aliphatic carbocycles. The molecule has 0 aromatic heterocycles. The largest absolute Gasteiger partial charge is 0.366 e. The first-order valence-corrected chi connectivity index (χ1v) is 30.7. The molecule has 5 N–H and O–H groups in total. The Balaban J connectivity index is 2.51. The molecular weight excluding hydrogens is 853 g/mol. The van der Waals surface area contributed by atoms with Gasteiger partial charge in [0, 0.05) is 19.5 Å². The molecule has 0 bridgehead atoms. The molecule has 1 aliphatic heterocycles. The normalized spacial score (nSPS) is 14.7. The van der Waals surface area contributed by atoms with E-state index in [1.807, 2.05) is 0 Å². The van der Waals surface area contributed by atoms with E-state index in [0.717, 1.165) is 51.4 Å². The molecule has 0 spiro atoms. The van der Waals surface area contributed by atoms with Gasteiger partial charge in [-0.3, -0.25) is 14.4 Å². The zero-order valence-corrected chi connectivity index (χ0v) is 46.3. The third-order valence-corrected chi connectivity index (χ3v) is 14.7. The van der Waals surface area contributed by atoms with Gasteiger partial charge < -0.3 is 21.7 Å². The van der Waals surface area contributed by atoms with Crippen molar-refractivity contribution >= 4 is 29.4 Å². The van der Waals surface area contributed by atoms with Gasteiger partial charge in [-0.05, 0) is 19.3 Å². The second-order valence-electron chi connectivity index (χ2n) is 21.4. The number of nitrogens with two attached hydrogens (primary N) is 1. The highest BCUT2D eigenvalue weighted by Gasteiger charge is 2.42. The highest BCUT2D eigenvalue weighted by Crippen LogP contribution is 2.23. The summed E-state index contributed by atoms with van der Waals surface area (Å²) in [6.45, 7) is 7.85. The average Bonchev–Trinajstić information content (AvgIpc) is 3.35. The second kappa shape index (κ2) is 49.1. The van der Waals surface area contributed by atoms with Crippen molar-refractivity contribution in [1.82, 2.24) is 16.0 Å². The third kappa shape index (κ3) is 38.8. The number of amides is 3. The molecule has 0 saturated carbocycles. The minimum atomic E-state index is -1.58. The van der Waals surface area contributed by atoms with Gasteiger partial charge in [0.1, 0.15) is 0 Å². The zero-order chi connectivity index (χ0) is 50.0. The fourth-order valence-electron chi connectivity index (χ4n) is 9.97. The summed E-state index contributed by atoms with van der Waals surface area (Å²) < 4.78 is 0. The second-order valence-corrected chi connectivity index (χ2v) is 21.4. The quantitative estimate of drug-likeness (QED) is 0.0451. The highest BCUT2D eigenvalue weighted by atomic mass is 16.2. The predicted octanol–water partition coefficient (Wildman–Crippen LogP) is 17.0. The molecular formula is C60H116N6O3. The van der Waals surface area contributed by atoms with Gasteiger partial charge >= 0.3 is 0 Å². The van der Waals surface area contributed by atoms with E-state index in [0.29, 0.717) is 25.9 Å². The van der Waals surface area contributed by atoms with Crippen LogP contribution in [-0.2, 0) is 14.4 Å². The molecule has 0 aromatic rings. The van der Waals surface area contributed by atoms with Crippen molar-refractivity contribution in [3.8, 4) is 0 Å². The third-order valence-electron chi connectivity index (χ3n) is 14.7. The Morgan fingerprint density at radius 3 is 0.899 bits per heavy atom. The van der Waals surface area contributed by atoms with Crippen LogP contribution in [0.25, 0.3) is 0 Å². The van der Waals surface area contributed by atoms with E-state index in [-0.39, 0.29) is 11.7 Å². The van der Waals surface area contributed by atoms with Gasteiger partial charge in [0.25, 0.3) is 17.7 Å². The molecule has 1 aliphatic rings. The number of primary amides is 1. The molecule has 0 aromatic carbocycles. The Labute approximate surface area is 428 Å². The fraction of sp³-hybridized carbons (Fsp3) is 0.917. The Morgan fingerprint density at radius 1 is 0.377 bits per heavy atom. The van der Waals surface area contributed by atoms with Crippen LogP contribution in [0.4, 0.5) is 0 Å². The lowest BCUT2D eigenvalue weighted by Crippen LogP contribution is -2.62. The summed E-state index contributed by atoms with van der Waals surface area (Å²) in [4.78, 5) is 49.2. The van der Waals surface area contributed by atoms with Crippen LogP contribution in [0.2, 0.25) is 0 Å². The van der Waals surface area contributed by atoms with E-state index in [4.69, 9.17) is 5.73 Å². The first-order valence-electron chi connectivity index (χ1n) is 30.7. The van der Waals surface area contributed by atoms with Crippen molar-refractivity contribution in [2.45, 2.75) is 341 Å². The Kier molecular flexibility index (Phi) is 46.0. The van der Waals surface area contributed by atoms with E-state index in [1.54, 1.807) is 0 Å². The summed E-state index contributed by atoms with van der Waals surface area (Å²) in [6, 6.07) is 0. The number of rotatable bonds is 54. The molecule has 0 saturated heterocycles. The molecule has 9 nitrogen and oxygen atoms in total. The van der Waals surface area contributed by atoms with Crippen molar-refractivity contribution in [2.75, 3.05) is 13.1 Å². The molecule has 1 rings (SSSR count). The number of nitrogens with zero attached hydrogens (tertiary/aromatic N) is 2. The van der Waals surface area contributed by atoms with Crippen LogP contribution in [0.3, 0.4) is 0 Å². The number of carbonyl (C=O) groups excluding carboxylic acids is 3. The van der Waals surface area contributed by atoms with Crippen LogP contribution in [0.5, 0.6) is 0 Å². The van der Waals surface area contributed by atoms with Crippen LogP contribution in [0.1, 0.15) is 335 Å². The maximum absolute atomic E-state index is 13.5. The van der Waals surface area contributed by atoms with Crippen molar-refractivity contribution in [3.63, 3.8) is 0 Å². The van der Waals surface area contributed by atoms with Crippen LogP contribution in [0.15, 0.2) is 9.98 Å². The Hall–Kier alpha value is -2.45. The van der Waals surface area contributed by atoms with Crippen LogP contribution in [-0.4, -0.2) is 48.1 Å². The Morgan fingerprint density at radius 2 is 0.623 bits per heavy atom. The first-order chi connectivity index (χ1) is 33.9. The number of hydrogen-bond acceptors (Lipinski definition) is 6. The molecule has 69 heavy (non-hydrogen) atoms. The summed E-state index contributed by atoms with van der Waals surface area (Å²) >= 11 is 0. The maximum atomic E-state index is 13.5. The molecule has 0 radical (unpaired) electrons. The SMILES string of the molecule is CCCCCCCCCCCCCCCCCCNC(=O)C1=NC(CCCCCCCCCCCCCCCCCC)(C(N)=O)NC(C(=O)NCCCCCCCCCCCCCCCCCC)=N1. The number of nitrogens with one attached hydrogen (secondary N) is 3. The number of carbonyl (C=O) groups is 3. The molecule has 1 unspecified atom stereocenters. The average molecular weight is 970 g/mol. The molecule has 3 amide bonds. The van der Waals surface area contributed by atoms with Gasteiger partial charge in [0.05, 0.1) is 0 Å². The van der Waals surface area contributed by atoms with Gasteiger partial charge in [0.2, 0.25) is 11.5 Å². The van der Waals surface area contributed by atoms with Gasteiger partial charge in [0.15, 0.2) is 5.84 Å². The minimum Gasteiger partial charge on any atom is -0.366 e. The fourth-order valence-corrected chi connectivity index (χ4v) is 9.97. The van der Waals surface area contributed by atoms with Crippen LogP contribution < -0.4 is 21.7 Å². The summed E-state index contributed by atoms with van der Waals surface area (Å²) in [7, 11) is 0. The first kappa shape index (κ1) is 64.6. The van der Waals surface area contributed by atoms with Crippen LogP contribution in [0, 0.1) is 0 Å². The van der Waals surface area contributed by atoms with E-state index in [2.05, 4.69) is 46.7 Å². The van der Waals surface area contributed by atoms with Crippen molar-refractivity contribution in [3.05, 3.63) is 0 Å². The van der Waals surface area contributed by atoms with Crippen molar-refractivity contribution in [2.24, 2.45) is 15.7 Å². The summed E-state index contributed by atoms with van der Waals surface area (Å²) in [5.41, 5.74) is 4.47. The predicted molar refractivity (Wildman–Crippen MR) is 299 cm³/mol. The molecule has 1 heterocycles. The van der Waals surface area contributed by atoms with Gasteiger partial charge in [-0.25, -0.2) is 9.98 Å². The van der Waals surface area contributed by atoms with Gasteiger partial charge in [-0.2, -0.15) is 0 Å². The van der Waals surface area contributed by atoms with Crippen molar-refractivity contribution in [1.29, 1.82) is 0 Å². The topological polar surface area (TPSA) is 138 Å². The lowest BCUT2D eigenvalue weighted by atomic mass is 9.98. The van der Waals surface area contributed by atoms with E-state index in [1.165, 1.54) is 250 Å². The summed E-state index contributed by atoms with van der Waals surface area (Å²) in [6.07, 6.45) is 61.8. The summed E-state index contributed by atoms with van der Waals surface area (Å²) in [5.74, 6) is -1.77. The summed E-state index contributed by atoms with van der Waals surface area (Å²) in [5, 5.41) is 9.00. The maximum Gasteiger partial charge on any atom is 0.288 e. The highest BCUT2D eigenvalue weighted by molar-refractivity contribution is 6.47. The Bertz CT molecular complexity index is 1260. The minimum absolute atomic E-state index is 0.0515. The van der Waals surface area contributed by atoms with Crippen molar-refractivity contribution < 1.29 is 14.4 Å². The molecule has 404 valence electrons. The lowest BCUT2D eigenvalue weighted by Gasteiger charge is -2.32. The lowest BCUT2D eigenvalue weighted by molar-refractivity contribution is -0.124. The number of amidine groups is 2. The smallest absolute Gasteiger partial charge is 0.288 e. The van der Waals surface area contributed by atoms with E-state index >= 15 is 0 Å². The number of hydrogen-bond donors (Lipinski definition) is 4. The molecule has 9 heteroatoms. The van der Waals surface area contributed by atoms with E-state index in [9.17, 15) is 14.4 Å². The van der Waals surface area contributed by atoms with Gasteiger partial charge in [-0.1, -0.05) is 310 Å². The monoisotopic (exact) mass is 969 g/mol. The van der Waals surface area contributed by atoms with Gasteiger partial charge in [-0.15, -0.1) is 0 Å². The number of unbranched alkanes of at least 4 members (excludes halogenated alkanes) is 45. The standard InChI is InChI=1S/C60H116N6O3/c1-4-7-10-13-16-19-22-25-28-31-34-37-40-43-46-49-52-60(59(61)69)65-55(57(67)62-53-50-47-44-41-38-35-32-29-26-23-20-17-14-11-8-5-2)64-56(66-60)58(68)63-54-51-48-45-42-39-36-33-30-27-24-21-18-15-12-9-6-3/h4-54H2,1-3H3,(H2,61,69)(H,62,67)(H,63,68)(H,64,65,66). The number of aliphatic imine (C=N–C) groups is 2. The van der Waals surface area contributed by atoms with E-state index < -0.39 is 23.4 Å². The molecule has 0 fully saturated rings. The molecule has 1 atom stereocenters. The van der Waals surface area contributed by atoms with Crippen LogP contribution >= 0.6 is 0 Å².